The Morgan fingerprint density at radius 2 is 2.22 bits per heavy atom. The van der Waals surface area contributed by atoms with E-state index in [9.17, 15) is 4.79 Å². The number of nitrogens with zero attached hydrogens (tertiary/aromatic N) is 1. The molecule has 2 rings (SSSR count). The number of benzene rings is 1. The van der Waals surface area contributed by atoms with Crippen LogP contribution in [0.4, 0.5) is 5.69 Å². The zero-order valence-corrected chi connectivity index (χ0v) is 11.5. The number of anilines is 1. The maximum Gasteiger partial charge on any atom is 0.238 e. The van der Waals surface area contributed by atoms with Crippen LogP contribution in [-0.4, -0.2) is 17.0 Å². The lowest BCUT2D eigenvalue weighted by atomic mass is 10.0. The molecule has 1 aromatic rings. The summed E-state index contributed by atoms with van der Waals surface area (Å²) in [7, 11) is 0. The third kappa shape index (κ3) is 2.20. The molecule has 1 saturated carbocycles. The number of rotatable bonds is 3. The predicted octanol–water partition coefficient (Wildman–Crippen LogP) is 2.22. The van der Waals surface area contributed by atoms with E-state index in [1.54, 1.807) is 0 Å². The van der Waals surface area contributed by atoms with Crippen LogP contribution < -0.4 is 11.1 Å². The molecule has 6 heteroatoms. The van der Waals surface area contributed by atoms with E-state index in [0.29, 0.717) is 12.8 Å². The van der Waals surface area contributed by atoms with Gasteiger partial charge in [-0.3, -0.25) is 4.79 Å². The van der Waals surface area contributed by atoms with E-state index in [4.69, 9.17) is 10.9 Å². The lowest BCUT2D eigenvalue weighted by molar-refractivity contribution is -0.119. The van der Waals surface area contributed by atoms with Gasteiger partial charge in [0.2, 0.25) is 5.91 Å². The first kappa shape index (κ1) is 12.9. The molecule has 0 spiro atoms. The molecule has 1 amide bonds. The van der Waals surface area contributed by atoms with Crippen LogP contribution in [0.15, 0.2) is 27.8 Å². The van der Waals surface area contributed by atoms with Gasteiger partial charge in [-0.05, 0) is 37.5 Å². The van der Waals surface area contributed by atoms with Crippen LogP contribution in [0.1, 0.15) is 18.4 Å². The molecule has 96 valence electrons. The smallest absolute Gasteiger partial charge is 0.238 e. The molecule has 0 aromatic heterocycles. The Labute approximate surface area is 113 Å². The van der Waals surface area contributed by atoms with E-state index in [2.05, 4.69) is 26.4 Å². The Balaban J connectivity index is 2.20. The number of nitrogens with two attached hydrogens (primary N) is 1. The number of amidine groups is 1. The Bertz CT molecular complexity index is 524. The summed E-state index contributed by atoms with van der Waals surface area (Å²) in [6.45, 7) is 1.91. The second-order valence-electron chi connectivity index (χ2n) is 4.48. The summed E-state index contributed by atoms with van der Waals surface area (Å²) in [6.07, 6.45) is 1.23. The molecule has 0 aliphatic heterocycles. The summed E-state index contributed by atoms with van der Waals surface area (Å²) in [5.74, 6) is -0.244. The number of amides is 1. The van der Waals surface area contributed by atoms with Gasteiger partial charge in [-0.2, -0.15) is 0 Å². The molecule has 18 heavy (non-hydrogen) atoms. The van der Waals surface area contributed by atoms with Crippen molar-refractivity contribution < 1.29 is 10.0 Å². The van der Waals surface area contributed by atoms with Crippen molar-refractivity contribution in [2.45, 2.75) is 19.8 Å². The van der Waals surface area contributed by atoms with Gasteiger partial charge in [-0.15, -0.1) is 0 Å². The minimum absolute atomic E-state index is 0.0207. The summed E-state index contributed by atoms with van der Waals surface area (Å²) in [6, 6.07) is 5.64. The zero-order valence-electron chi connectivity index (χ0n) is 9.90. The first-order valence-corrected chi connectivity index (χ1v) is 6.34. The van der Waals surface area contributed by atoms with Gasteiger partial charge in [-0.25, -0.2) is 0 Å². The topological polar surface area (TPSA) is 87.7 Å². The molecule has 0 saturated heterocycles. The molecule has 1 aliphatic rings. The fraction of sp³-hybridized carbons (Fsp3) is 0.333. The summed E-state index contributed by atoms with van der Waals surface area (Å²) in [4.78, 5) is 12.2. The fourth-order valence-electron chi connectivity index (χ4n) is 1.79. The van der Waals surface area contributed by atoms with Crippen molar-refractivity contribution in [1.29, 1.82) is 0 Å². The summed E-state index contributed by atoms with van der Waals surface area (Å²) in [5, 5.41) is 14.5. The second-order valence-corrected chi connectivity index (χ2v) is 5.40. The van der Waals surface area contributed by atoms with Crippen LogP contribution in [0.3, 0.4) is 0 Å². The van der Waals surface area contributed by atoms with Crippen molar-refractivity contribution in [1.82, 2.24) is 0 Å². The molecule has 5 nitrogen and oxygen atoms in total. The first-order valence-electron chi connectivity index (χ1n) is 5.55. The standard InChI is InChI=1S/C12H14BrN3O2/c1-7-2-3-8(13)6-9(7)15-11(17)12(4-5-12)10(14)16-18/h2-3,6,18H,4-5H2,1H3,(H2,14,16)(H,15,17). The maximum absolute atomic E-state index is 12.2. The van der Waals surface area contributed by atoms with Gasteiger partial charge in [0.25, 0.3) is 0 Å². The van der Waals surface area contributed by atoms with Gasteiger partial charge < -0.3 is 16.3 Å². The van der Waals surface area contributed by atoms with Gasteiger partial charge in [0, 0.05) is 10.2 Å². The average Bonchev–Trinajstić information content (AvgIpc) is 3.14. The molecule has 1 aliphatic carbocycles. The number of hydrogen-bond acceptors (Lipinski definition) is 3. The number of oxime groups is 1. The van der Waals surface area contributed by atoms with Gasteiger partial charge in [0.05, 0.1) is 0 Å². The highest BCUT2D eigenvalue weighted by molar-refractivity contribution is 9.10. The van der Waals surface area contributed by atoms with Crippen molar-refractivity contribution in [3.05, 3.63) is 28.2 Å². The van der Waals surface area contributed by atoms with Gasteiger partial charge in [0.15, 0.2) is 5.84 Å². The van der Waals surface area contributed by atoms with Crippen molar-refractivity contribution in [3.8, 4) is 0 Å². The molecule has 0 bridgehead atoms. The minimum atomic E-state index is -0.830. The van der Waals surface area contributed by atoms with E-state index < -0.39 is 5.41 Å². The summed E-state index contributed by atoms with van der Waals surface area (Å²) in [5.41, 5.74) is 6.42. The Morgan fingerprint density at radius 1 is 1.56 bits per heavy atom. The van der Waals surface area contributed by atoms with Crippen LogP contribution in [0.2, 0.25) is 0 Å². The van der Waals surface area contributed by atoms with Crippen LogP contribution in [0, 0.1) is 12.3 Å². The van der Waals surface area contributed by atoms with Crippen LogP contribution in [0.25, 0.3) is 0 Å². The molecule has 1 fully saturated rings. The molecular formula is C12H14BrN3O2. The summed E-state index contributed by atoms with van der Waals surface area (Å²) >= 11 is 3.36. The third-order valence-electron chi connectivity index (χ3n) is 3.23. The third-order valence-corrected chi connectivity index (χ3v) is 3.72. The molecule has 1 aromatic carbocycles. The molecule has 4 N–H and O–H groups in total. The van der Waals surface area contributed by atoms with Gasteiger partial charge in [-0.1, -0.05) is 27.2 Å². The van der Waals surface area contributed by atoms with Crippen LogP contribution in [-0.2, 0) is 4.79 Å². The zero-order chi connectivity index (χ0) is 13.3. The average molecular weight is 312 g/mol. The molecule has 0 unspecified atom stereocenters. The van der Waals surface area contributed by atoms with Gasteiger partial charge >= 0.3 is 0 Å². The largest absolute Gasteiger partial charge is 0.409 e. The molecule has 0 atom stereocenters. The van der Waals surface area contributed by atoms with E-state index in [1.807, 2.05) is 25.1 Å². The normalized spacial score (nSPS) is 17.3. The number of carbonyl (C=O) groups excluding carboxylic acids is 1. The SMILES string of the molecule is Cc1ccc(Br)cc1NC(=O)C1(/C(N)=N/O)CC1. The predicted molar refractivity (Wildman–Crippen MR) is 72.6 cm³/mol. The number of hydrogen-bond donors (Lipinski definition) is 3. The Hall–Kier alpha value is -1.56. The Kier molecular flexibility index (Phi) is 3.30. The first-order chi connectivity index (χ1) is 8.49. The second kappa shape index (κ2) is 4.61. The number of nitrogens with one attached hydrogen (secondary N) is 1. The Morgan fingerprint density at radius 3 is 2.78 bits per heavy atom. The van der Waals surface area contributed by atoms with Crippen molar-refractivity contribution >= 4 is 33.4 Å². The molecule has 0 heterocycles. The monoisotopic (exact) mass is 311 g/mol. The van der Waals surface area contributed by atoms with Crippen LogP contribution in [0.5, 0.6) is 0 Å². The lowest BCUT2D eigenvalue weighted by Gasteiger charge is -2.15. The number of aryl methyl sites for hydroxylation is 1. The quantitative estimate of drug-likeness (QED) is 0.346. The highest BCUT2D eigenvalue weighted by atomic mass is 79.9. The fourth-order valence-corrected chi connectivity index (χ4v) is 2.15. The lowest BCUT2D eigenvalue weighted by Crippen LogP contribution is -2.36. The molecule has 0 radical (unpaired) electrons. The van der Waals surface area contributed by atoms with Crippen LogP contribution >= 0.6 is 15.9 Å². The minimum Gasteiger partial charge on any atom is -0.409 e. The van der Waals surface area contributed by atoms with E-state index in [0.717, 1.165) is 15.7 Å². The number of carbonyl (C=O) groups is 1. The van der Waals surface area contributed by atoms with E-state index in [1.165, 1.54) is 0 Å². The van der Waals surface area contributed by atoms with E-state index in [-0.39, 0.29) is 11.7 Å². The van der Waals surface area contributed by atoms with Crippen molar-refractivity contribution in [3.63, 3.8) is 0 Å². The number of halogens is 1. The van der Waals surface area contributed by atoms with Gasteiger partial charge in [0.1, 0.15) is 5.41 Å². The molecular weight excluding hydrogens is 298 g/mol. The highest BCUT2D eigenvalue weighted by Gasteiger charge is 2.54. The van der Waals surface area contributed by atoms with Crippen molar-refractivity contribution in [2.75, 3.05) is 5.32 Å². The van der Waals surface area contributed by atoms with Crippen molar-refractivity contribution in [2.24, 2.45) is 16.3 Å². The van der Waals surface area contributed by atoms with E-state index >= 15 is 0 Å². The highest BCUT2D eigenvalue weighted by Crippen LogP contribution is 2.46. The maximum atomic E-state index is 12.2. The summed E-state index contributed by atoms with van der Waals surface area (Å²) < 4.78 is 0.886.